The summed E-state index contributed by atoms with van der Waals surface area (Å²) in [5.41, 5.74) is 2.06. The highest BCUT2D eigenvalue weighted by molar-refractivity contribution is 6.31. The summed E-state index contributed by atoms with van der Waals surface area (Å²) in [4.78, 5) is 6.18. The Morgan fingerprint density at radius 1 is 1.28 bits per heavy atom. The van der Waals surface area contributed by atoms with Gasteiger partial charge in [-0.05, 0) is 36.4 Å². The fourth-order valence-electron chi connectivity index (χ4n) is 1.80. The van der Waals surface area contributed by atoms with Gasteiger partial charge >= 0.3 is 0 Å². The maximum Gasteiger partial charge on any atom is 0.124 e. The molecule has 18 heavy (non-hydrogen) atoms. The summed E-state index contributed by atoms with van der Waals surface area (Å²) < 4.78 is 12.9. The molecule has 0 amide bonds. The van der Waals surface area contributed by atoms with Crippen LogP contribution in [0, 0.1) is 5.82 Å². The highest BCUT2D eigenvalue weighted by Crippen LogP contribution is 2.19. The van der Waals surface area contributed by atoms with Gasteiger partial charge in [0.1, 0.15) is 5.82 Å². The number of hydrogen-bond donors (Lipinski definition) is 0. The van der Waals surface area contributed by atoms with Crippen molar-refractivity contribution in [2.24, 2.45) is 0 Å². The molecule has 0 spiro atoms. The zero-order chi connectivity index (χ0) is 13.0. The van der Waals surface area contributed by atoms with Crippen LogP contribution in [0.5, 0.6) is 0 Å². The second-order valence-corrected chi connectivity index (χ2v) is 4.68. The number of halogens is 2. The van der Waals surface area contributed by atoms with Gasteiger partial charge in [0.2, 0.25) is 0 Å². The number of rotatable bonds is 4. The second-order valence-electron chi connectivity index (χ2n) is 4.27. The van der Waals surface area contributed by atoms with Crippen LogP contribution in [0.3, 0.4) is 0 Å². The summed E-state index contributed by atoms with van der Waals surface area (Å²) in [7, 11) is 1.99. The summed E-state index contributed by atoms with van der Waals surface area (Å²) in [6.07, 6.45) is 3.59. The first kappa shape index (κ1) is 13.0. The van der Waals surface area contributed by atoms with E-state index in [4.69, 9.17) is 11.6 Å². The van der Waals surface area contributed by atoms with Crippen molar-refractivity contribution in [3.8, 4) is 0 Å². The number of benzene rings is 1. The van der Waals surface area contributed by atoms with E-state index in [-0.39, 0.29) is 5.82 Å². The van der Waals surface area contributed by atoms with Crippen LogP contribution in [0.4, 0.5) is 4.39 Å². The number of aromatic nitrogens is 1. The third-order valence-corrected chi connectivity index (χ3v) is 2.98. The maximum absolute atomic E-state index is 12.9. The van der Waals surface area contributed by atoms with E-state index in [1.807, 2.05) is 25.4 Å². The maximum atomic E-state index is 12.9. The largest absolute Gasteiger partial charge is 0.298 e. The SMILES string of the molecule is CN(Cc1cccnc1)Cc1ccc(F)cc1Cl. The van der Waals surface area contributed by atoms with Crippen LogP contribution in [-0.2, 0) is 13.1 Å². The molecule has 2 nitrogen and oxygen atoms in total. The van der Waals surface area contributed by atoms with Crippen LogP contribution in [0.15, 0.2) is 42.7 Å². The molecule has 0 radical (unpaired) electrons. The molecule has 4 heteroatoms. The number of hydrogen-bond acceptors (Lipinski definition) is 2. The van der Waals surface area contributed by atoms with Crippen LogP contribution < -0.4 is 0 Å². The first-order valence-electron chi connectivity index (χ1n) is 5.66. The van der Waals surface area contributed by atoms with Crippen LogP contribution in [0.1, 0.15) is 11.1 Å². The van der Waals surface area contributed by atoms with Gasteiger partial charge in [0, 0.05) is 30.5 Å². The van der Waals surface area contributed by atoms with Gasteiger partial charge in [-0.1, -0.05) is 23.7 Å². The average molecular weight is 265 g/mol. The monoisotopic (exact) mass is 264 g/mol. The molecular weight excluding hydrogens is 251 g/mol. The topological polar surface area (TPSA) is 16.1 Å². The lowest BCUT2D eigenvalue weighted by Crippen LogP contribution is -2.17. The van der Waals surface area contributed by atoms with Crippen molar-refractivity contribution in [2.45, 2.75) is 13.1 Å². The third-order valence-electron chi connectivity index (χ3n) is 2.63. The Bertz CT molecular complexity index is 516. The molecular formula is C14H14ClFN2. The third kappa shape index (κ3) is 3.52. The highest BCUT2D eigenvalue weighted by Gasteiger charge is 2.06. The van der Waals surface area contributed by atoms with Crippen molar-refractivity contribution in [1.29, 1.82) is 0 Å². The van der Waals surface area contributed by atoms with Gasteiger partial charge in [-0.2, -0.15) is 0 Å². The van der Waals surface area contributed by atoms with E-state index in [2.05, 4.69) is 9.88 Å². The molecule has 0 N–H and O–H groups in total. The summed E-state index contributed by atoms with van der Waals surface area (Å²) in [6, 6.07) is 8.43. The second kappa shape index (κ2) is 5.94. The molecule has 0 atom stereocenters. The highest BCUT2D eigenvalue weighted by atomic mass is 35.5. The predicted molar refractivity (Wildman–Crippen MR) is 70.8 cm³/mol. The van der Waals surface area contributed by atoms with Crippen molar-refractivity contribution in [3.63, 3.8) is 0 Å². The molecule has 0 aliphatic carbocycles. The van der Waals surface area contributed by atoms with Crippen molar-refractivity contribution < 1.29 is 4.39 Å². The minimum Gasteiger partial charge on any atom is -0.298 e. The fourth-order valence-corrected chi connectivity index (χ4v) is 2.03. The van der Waals surface area contributed by atoms with E-state index in [9.17, 15) is 4.39 Å². The summed E-state index contributed by atoms with van der Waals surface area (Å²) >= 11 is 6.00. The van der Waals surface area contributed by atoms with Crippen LogP contribution >= 0.6 is 11.6 Å². The fraction of sp³-hybridized carbons (Fsp3) is 0.214. The zero-order valence-electron chi connectivity index (χ0n) is 10.1. The molecule has 0 fully saturated rings. The van der Waals surface area contributed by atoms with Gasteiger partial charge in [-0.25, -0.2) is 4.39 Å². The molecule has 1 aromatic heterocycles. The molecule has 0 aliphatic heterocycles. The predicted octanol–water partition coefficient (Wildman–Crippen LogP) is 3.51. The molecule has 0 saturated heterocycles. The van der Waals surface area contributed by atoms with Crippen molar-refractivity contribution in [2.75, 3.05) is 7.05 Å². The lowest BCUT2D eigenvalue weighted by Gasteiger charge is -2.17. The molecule has 1 heterocycles. The Labute approximate surface area is 111 Å². The smallest absolute Gasteiger partial charge is 0.124 e. The molecule has 2 rings (SSSR count). The van der Waals surface area contributed by atoms with E-state index < -0.39 is 0 Å². The molecule has 0 saturated carbocycles. The number of pyridine rings is 1. The molecule has 94 valence electrons. The molecule has 2 aromatic rings. The lowest BCUT2D eigenvalue weighted by atomic mass is 10.2. The first-order chi connectivity index (χ1) is 8.65. The summed E-state index contributed by atoms with van der Waals surface area (Å²) in [5.74, 6) is -0.307. The molecule has 0 bridgehead atoms. The van der Waals surface area contributed by atoms with Gasteiger partial charge in [0.25, 0.3) is 0 Å². The Balaban J connectivity index is 2.01. The van der Waals surface area contributed by atoms with E-state index in [1.54, 1.807) is 12.3 Å². The standard InChI is InChI=1S/C14H14ClFN2/c1-18(9-11-3-2-6-17-8-11)10-12-4-5-13(16)7-14(12)15/h2-8H,9-10H2,1H3. The van der Waals surface area contributed by atoms with Crippen molar-refractivity contribution in [1.82, 2.24) is 9.88 Å². The van der Waals surface area contributed by atoms with Gasteiger partial charge in [-0.15, -0.1) is 0 Å². The number of nitrogens with zero attached hydrogens (tertiary/aromatic N) is 2. The van der Waals surface area contributed by atoms with Crippen molar-refractivity contribution in [3.05, 3.63) is 64.7 Å². The van der Waals surface area contributed by atoms with E-state index in [0.29, 0.717) is 11.6 Å². The lowest BCUT2D eigenvalue weighted by molar-refractivity contribution is 0.318. The van der Waals surface area contributed by atoms with E-state index in [0.717, 1.165) is 17.7 Å². The minimum absolute atomic E-state index is 0.307. The Kier molecular flexibility index (Phi) is 4.28. The summed E-state index contributed by atoms with van der Waals surface area (Å²) in [5, 5.41) is 0.466. The van der Waals surface area contributed by atoms with Gasteiger partial charge in [0.15, 0.2) is 0 Å². The Hall–Kier alpha value is -1.45. The molecule has 1 aromatic carbocycles. The van der Waals surface area contributed by atoms with Crippen LogP contribution in [0.2, 0.25) is 5.02 Å². The first-order valence-corrected chi connectivity index (χ1v) is 6.04. The minimum atomic E-state index is -0.307. The normalized spacial score (nSPS) is 10.9. The Morgan fingerprint density at radius 2 is 2.11 bits per heavy atom. The van der Waals surface area contributed by atoms with E-state index in [1.165, 1.54) is 12.1 Å². The van der Waals surface area contributed by atoms with Crippen molar-refractivity contribution >= 4 is 11.6 Å². The Morgan fingerprint density at radius 3 is 2.78 bits per heavy atom. The van der Waals surface area contributed by atoms with Gasteiger partial charge < -0.3 is 0 Å². The molecule has 0 aliphatic rings. The zero-order valence-corrected chi connectivity index (χ0v) is 10.9. The van der Waals surface area contributed by atoms with Crippen LogP contribution in [0.25, 0.3) is 0 Å². The average Bonchev–Trinajstić information content (AvgIpc) is 2.34. The quantitative estimate of drug-likeness (QED) is 0.840. The van der Waals surface area contributed by atoms with Crippen LogP contribution in [-0.4, -0.2) is 16.9 Å². The molecule has 0 unspecified atom stereocenters. The van der Waals surface area contributed by atoms with Gasteiger partial charge in [-0.3, -0.25) is 9.88 Å². The van der Waals surface area contributed by atoms with E-state index >= 15 is 0 Å². The van der Waals surface area contributed by atoms with Gasteiger partial charge in [0.05, 0.1) is 0 Å². The summed E-state index contributed by atoms with van der Waals surface area (Å²) in [6.45, 7) is 1.45.